The monoisotopic (exact) mass is 732 g/mol. The standard InChI is InChI=1S/C19H28N2O20S4/c1-12(22)21(9-13-5-3-2-4-6-13)10-15(23)20-7-8-36-19-18(41-45(33,34)35)17(40-44(30,31)32)16(39-43(27,28)29)14(38-19)11-37-42(24,25)26/h2-6,14,16-19H,7-11H2,1H3,(H,20,23)(H,24,25,26)(H,27,28,29)(H,30,31,32)(H,33,34,35)/t14-,16+,17-,18+,19-/m0/s1. The second-order valence-electron chi connectivity index (χ2n) is 8.80. The minimum absolute atomic E-state index is 0.0830. The van der Waals surface area contributed by atoms with Crippen LogP contribution in [0.4, 0.5) is 0 Å². The van der Waals surface area contributed by atoms with E-state index >= 15 is 0 Å². The molecule has 5 atom stereocenters. The van der Waals surface area contributed by atoms with Crippen LogP contribution in [-0.4, -0.2) is 126 Å². The van der Waals surface area contributed by atoms with E-state index in [1.54, 1.807) is 30.3 Å². The smallest absolute Gasteiger partial charge is 0.352 e. The number of nitrogens with one attached hydrogen (secondary N) is 1. The van der Waals surface area contributed by atoms with Gasteiger partial charge in [-0.1, -0.05) is 30.3 Å². The second-order valence-corrected chi connectivity index (χ2v) is 13.0. The zero-order chi connectivity index (χ0) is 34.2. The van der Waals surface area contributed by atoms with Crippen molar-refractivity contribution in [3.63, 3.8) is 0 Å². The van der Waals surface area contributed by atoms with Crippen molar-refractivity contribution in [2.24, 2.45) is 0 Å². The molecule has 1 aliphatic rings. The summed E-state index contributed by atoms with van der Waals surface area (Å²) in [5.41, 5.74) is 0.716. The summed E-state index contributed by atoms with van der Waals surface area (Å²) in [6, 6.07) is 8.63. The maximum absolute atomic E-state index is 12.4. The van der Waals surface area contributed by atoms with Crippen LogP contribution < -0.4 is 5.32 Å². The minimum Gasteiger partial charge on any atom is -0.352 e. The van der Waals surface area contributed by atoms with Crippen molar-refractivity contribution in [2.45, 2.75) is 44.2 Å². The first-order valence-corrected chi connectivity index (χ1v) is 17.4. The van der Waals surface area contributed by atoms with Crippen LogP contribution in [0, 0.1) is 0 Å². The number of amides is 2. The Labute approximate surface area is 257 Å². The minimum atomic E-state index is -5.69. The molecular formula is C19H28N2O20S4. The maximum Gasteiger partial charge on any atom is 0.397 e. The molecule has 1 aliphatic heterocycles. The molecule has 45 heavy (non-hydrogen) atoms. The van der Waals surface area contributed by atoms with E-state index in [1.807, 2.05) is 0 Å². The van der Waals surface area contributed by atoms with Gasteiger partial charge in [0.05, 0.1) is 19.8 Å². The zero-order valence-electron chi connectivity index (χ0n) is 22.7. The van der Waals surface area contributed by atoms with E-state index in [-0.39, 0.29) is 6.54 Å². The van der Waals surface area contributed by atoms with Crippen LogP contribution in [0.15, 0.2) is 30.3 Å². The Kier molecular flexibility index (Phi) is 13.7. The van der Waals surface area contributed by atoms with Gasteiger partial charge in [-0.2, -0.15) is 33.7 Å². The molecule has 1 aromatic rings. The Morgan fingerprint density at radius 3 is 1.87 bits per heavy atom. The van der Waals surface area contributed by atoms with Crippen LogP contribution in [0.25, 0.3) is 0 Å². The maximum atomic E-state index is 12.4. The first-order chi connectivity index (χ1) is 20.5. The average molecular weight is 733 g/mol. The molecule has 1 fully saturated rings. The van der Waals surface area contributed by atoms with Crippen molar-refractivity contribution < 1.29 is 87.7 Å². The molecule has 26 heteroatoms. The Balaban J connectivity index is 2.26. The van der Waals surface area contributed by atoms with Crippen LogP contribution in [0.1, 0.15) is 12.5 Å². The van der Waals surface area contributed by atoms with Crippen molar-refractivity contribution >= 4 is 53.4 Å². The van der Waals surface area contributed by atoms with Gasteiger partial charge in [-0.15, -0.1) is 0 Å². The van der Waals surface area contributed by atoms with Gasteiger partial charge in [0.2, 0.25) is 11.8 Å². The third-order valence-corrected chi connectivity index (χ3v) is 7.20. The summed E-state index contributed by atoms with van der Waals surface area (Å²) in [5.74, 6) is -1.16. The molecule has 0 unspecified atom stereocenters. The van der Waals surface area contributed by atoms with E-state index in [1.165, 1.54) is 11.8 Å². The summed E-state index contributed by atoms with van der Waals surface area (Å²) >= 11 is 0. The van der Waals surface area contributed by atoms with Crippen LogP contribution in [0.5, 0.6) is 0 Å². The van der Waals surface area contributed by atoms with E-state index in [2.05, 4.69) is 22.0 Å². The van der Waals surface area contributed by atoms with Gasteiger partial charge in [0.15, 0.2) is 12.4 Å². The lowest BCUT2D eigenvalue weighted by Crippen LogP contribution is -2.63. The van der Waals surface area contributed by atoms with E-state index in [0.717, 1.165) is 0 Å². The van der Waals surface area contributed by atoms with Gasteiger partial charge in [0.1, 0.15) is 18.3 Å². The summed E-state index contributed by atoms with van der Waals surface area (Å²) in [5, 5.41) is 2.34. The molecule has 0 saturated carbocycles. The molecule has 1 saturated heterocycles. The van der Waals surface area contributed by atoms with Gasteiger partial charge in [0, 0.05) is 20.0 Å². The van der Waals surface area contributed by atoms with Crippen molar-refractivity contribution in [1.82, 2.24) is 10.2 Å². The fourth-order valence-corrected chi connectivity index (χ4v) is 5.53. The number of hydrogen-bond acceptors (Lipinski definition) is 16. The first-order valence-electron chi connectivity index (χ1n) is 11.9. The third kappa shape index (κ3) is 15.1. The molecule has 0 radical (unpaired) electrons. The molecule has 0 aliphatic carbocycles. The lowest BCUT2D eigenvalue weighted by atomic mass is 9.99. The number of carbonyl (C=O) groups excluding carboxylic acids is 2. The lowest BCUT2D eigenvalue weighted by Gasteiger charge is -2.43. The predicted molar refractivity (Wildman–Crippen MR) is 142 cm³/mol. The van der Waals surface area contributed by atoms with Crippen LogP contribution in [-0.2, 0) is 83.9 Å². The number of benzene rings is 1. The van der Waals surface area contributed by atoms with E-state index in [0.29, 0.717) is 5.56 Å². The molecule has 0 bridgehead atoms. The van der Waals surface area contributed by atoms with E-state index in [4.69, 9.17) is 18.6 Å². The highest BCUT2D eigenvalue weighted by atomic mass is 32.3. The molecule has 22 nitrogen and oxygen atoms in total. The van der Waals surface area contributed by atoms with Crippen molar-refractivity contribution in [1.29, 1.82) is 0 Å². The first kappa shape index (κ1) is 38.7. The van der Waals surface area contributed by atoms with Gasteiger partial charge in [-0.25, -0.2) is 16.7 Å². The van der Waals surface area contributed by atoms with Crippen molar-refractivity contribution in [2.75, 3.05) is 26.3 Å². The van der Waals surface area contributed by atoms with Crippen LogP contribution in [0.3, 0.4) is 0 Å². The highest BCUT2D eigenvalue weighted by Crippen LogP contribution is 2.32. The summed E-state index contributed by atoms with van der Waals surface area (Å²) in [6.45, 7) is -1.67. The van der Waals surface area contributed by atoms with E-state index < -0.39 is 110 Å². The molecule has 0 aromatic heterocycles. The topological polar surface area (TPSA) is 322 Å². The predicted octanol–water partition coefficient (Wildman–Crippen LogP) is -2.72. The molecule has 5 N–H and O–H groups in total. The van der Waals surface area contributed by atoms with Gasteiger partial charge in [-0.3, -0.25) is 27.8 Å². The highest BCUT2D eigenvalue weighted by Gasteiger charge is 2.54. The number of hydrogen-bond donors (Lipinski definition) is 5. The molecule has 1 aromatic carbocycles. The zero-order valence-corrected chi connectivity index (χ0v) is 26.0. The third-order valence-electron chi connectivity index (χ3n) is 5.37. The summed E-state index contributed by atoms with van der Waals surface area (Å²) in [4.78, 5) is 25.6. The average Bonchev–Trinajstić information content (AvgIpc) is 2.86. The van der Waals surface area contributed by atoms with Gasteiger partial charge in [0.25, 0.3) is 0 Å². The molecule has 1 heterocycles. The Hall–Kier alpha value is -2.44. The molecule has 258 valence electrons. The SMILES string of the molecule is CC(=O)N(CC(=O)NCCO[C@H]1O[C@@H](COS(=O)(=O)O)[C@@H](OS(=O)(=O)O)[C@H](OS(=O)(=O)O)[C@H]1OS(=O)(=O)O)Cc1ccccc1. The Morgan fingerprint density at radius 1 is 0.822 bits per heavy atom. The largest absolute Gasteiger partial charge is 0.397 e. The second kappa shape index (κ2) is 15.9. The number of carbonyl (C=O) groups is 2. The normalized spacial score (nSPS) is 22.9. The van der Waals surface area contributed by atoms with Crippen molar-refractivity contribution in [3.05, 3.63) is 35.9 Å². The van der Waals surface area contributed by atoms with Gasteiger partial charge in [-0.05, 0) is 5.56 Å². The summed E-state index contributed by atoms with van der Waals surface area (Å²) < 4.78 is 155. The fourth-order valence-electron chi connectivity index (χ4n) is 3.73. The molecule has 2 amide bonds. The van der Waals surface area contributed by atoms with Crippen molar-refractivity contribution in [3.8, 4) is 0 Å². The number of ether oxygens (including phenoxy) is 2. The molecule has 0 spiro atoms. The molecule has 2 rings (SSSR count). The Bertz CT molecular complexity index is 1600. The van der Waals surface area contributed by atoms with Crippen LogP contribution >= 0.6 is 0 Å². The Morgan fingerprint density at radius 2 is 1.36 bits per heavy atom. The summed E-state index contributed by atoms with van der Waals surface area (Å²) in [6.07, 6.45) is -12.5. The quantitative estimate of drug-likeness (QED) is 0.0802. The number of rotatable bonds is 17. The number of nitrogens with zero attached hydrogens (tertiary/aromatic N) is 1. The fraction of sp³-hybridized carbons (Fsp3) is 0.579. The lowest BCUT2D eigenvalue weighted by molar-refractivity contribution is -0.285. The van der Waals surface area contributed by atoms with Crippen LogP contribution in [0.2, 0.25) is 0 Å². The molecular weight excluding hydrogens is 704 g/mol. The van der Waals surface area contributed by atoms with Gasteiger partial charge < -0.3 is 19.7 Å². The van der Waals surface area contributed by atoms with E-state index in [9.17, 15) is 52.4 Å². The summed E-state index contributed by atoms with van der Waals surface area (Å²) in [7, 11) is -22.3. The highest BCUT2D eigenvalue weighted by molar-refractivity contribution is 7.81. The van der Waals surface area contributed by atoms with Gasteiger partial charge >= 0.3 is 41.6 Å².